The minimum absolute atomic E-state index is 0.0522. The van der Waals surface area contributed by atoms with Crippen molar-refractivity contribution < 1.29 is 35.5 Å². The van der Waals surface area contributed by atoms with E-state index in [9.17, 15) is 35.5 Å². The van der Waals surface area contributed by atoms with Gasteiger partial charge in [-0.1, -0.05) is 0 Å². The van der Waals surface area contributed by atoms with E-state index in [1.807, 2.05) is 5.32 Å². The fourth-order valence-electron chi connectivity index (χ4n) is 2.30. The van der Waals surface area contributed by atoms with Crippen molar-refractivity contribution >= 4 is 17.2 Å². The summed E-state index contributed by atoms with van der Waals surface area (Å²) in [7, 11) is 0. The highest BCUT2D eigenvalue weighted by atomic mass is 19.4. The maximum Gasteiger partial charge on any atom is 0.416 e. The zero-order valence-corrected chi connectivity index (χ0v) is 13.0. The summed E-state index contributed by atoms with van der Waals surface area (Å²) in [6.07, 6.45) is -7.99. The molecule has 0 saturated heterocycles. The van der Waals surface area contributed by atoms with Gasteiger partial charge in [0, 0.05) is 18.1 Å². The molecule has 1 N–H and O–H groups in total. The van der Waals surface area contributed by atoms with E-state index in [-0.39, 0.29) is 17.4 Å². The van der Waals surface area contributed by atoms with Gasteiger partial charge in [-0.25, -0.2) is 9.37 Å². The second-order valence-corrected chi connectivity index (χ2v) is 5.49. The number of fused-ring (bicyclic) bond motifs is 1. The van der Waals surface area contributed by atoms with Crippen LogP contribution in [0.1, 0.15) is 21.6 Å². The Hall–Kier alpha value is -3.11. The van der Waals surface area contributed by atoms with Crippen molar-refractivity contribution in [3.8, 4) is 0 Å². The molecule has 1 aromatic carbocycles. The Morgan fingerprint density at radius 3 is 2.07 bits per heavy atom. The number of amides is 1. The number of hydrogen-bond acceptors (Lipinski definition) is 2. The molecule has 11 heteroatoms. The number of benzene rings is 1. The van der Waals surface area contributed by atoms with E-state index in [1.165, 1.54) is 6.07 Å². The Morgan fingerprint density at radius 1 is 0.926 bits per heavy atom. The number of alkyl halides is 6. The van der Waals surface area contributed by atoms with Gasteiger partial charge in [-0.3, -0.25) is 4.79 Å². The summed E-state index contributed by atoms with van der Waals surface area (Å²) in [5.74, 6) is -1.67. The molecule has 2 heterocycles. The number of hydrogen-bond donors (Lipinski definition) is 1. The Morgan fingerprint density at radius 2 is 1.52 bits per heavy atom. The molecule has 0 aliphatic rings. The van der Waals surface area contributed by atoms with Crippen LogP contribution < -0.4 is 5.32 Å². The summed E-state index contributed by atoms with van der Waals surface area (Å²) in [6.45, 7) is 0. The fraction of sp³-hybridized carbons (Fsp3) is 0.125. The van der Waals surface area contributed by atoms with Crippen LogP contribution in [0.5, 0.6) is 0 Å². The molecule has 0 saturated carbocycles. The van der Waals surface area contributed by atoms with Crippen molar-refractivity contribution in [2.24, 2.45) is 0 Å². The van der Waals surface area contributed by atoms with Crippen molar-refractivity contribution in [1.82, 2.24) is 9.38 Å². The molecule has 4 nitrogen and oxygen atoms in total. The number of rotatable bonds is 2. The maximum absolute atomic E-state index is 13.1. The average Bonchev–Trinajstić information content (AvgIpc) is 2.96. The molecule has 2 aromatic heterocycles. The van der Waals surface area contributed by atoms with Crippen LogP contribution in [0.2, 0.25) is 0 Å². The number of aromatic nitrogens is 2. The van der Waals surface area contributed by atoms with Gasteiger partial charge in [0.1, 0.15) is 17.2 Å². The van der Waals surface area contributed by atoms with Crippen molar-refractivity contribution in [3.05, 3.63) is 65.4 Å². The average molecular weight is 391 g/mol. The molecular formula is C16H8F7N3O. The molecule has 142 valence electrons. The summed E-state index contributed by atoms with van der Waals surface area (Å²) in [5, 5.41) is 1.95. The molecule has 0 aliphatic heterocycles. The van der Waals surface area contributed by atoms with Crippen LogP contribution in [0.15, 0.2) is 42.7 Å². The molecule has 27 heavy (non-hydrogen) atoms. The fourth-order valence-corrected chi connectivity index (χ4v) is 2.30. The lowest BCUT2D eigenvalue weighted by molar-refractivity contribution is -0.143. The third-order valence-corrected chi connectivity index (χ3v) is 3.49. The minimum atomic E-state index is -5.04. The predicted molar refractivity (Wildman–Crippen MR) is 79.5 cm³/mol. The van der Waals surface area contributed by atoms with Crippen LogP contribution in [0.25, 0.3) is 5.65 Å². The zero-order chi connectivity index (χ0) is 20.0. The Balaban J connectivity index is 1.96. The van der Waals surface area contributed by atoms with Crippen LogP contribution in [0.3, 0.4) is 0 Å². The zero-order valence-electron chi connectivity index (χ0n) is 13.0. The molecule has 3 aromatic rings. The molecule has 3 rings (SSSR count). The monoisotopic (exact) mass is 391 g/mol. The van der Waals surface area contributed by atoms with Crippen molar-refractivity contribution in [2.75, 3.05) is 5.32 Å². The Bertz CT molecular complexity index is 989. The quantitative estimate of drug-likeness (QED) is 0.640. The van der Waals surface area contributed by atoms with Crippen LogP contribution in [0, 0.1) is 5.82 Å². The largest absolute Gasteiger partial charge is 0.416 e. The van der Waals surface area contributed by atoms with Crippen molar-refractivity contribution in [2.45, 2.75) is 12.4 Å². The van der Waals surface area contributed by atoms with E-state index < -0.39 is 40.9 Å². The second-order valence-electron chi connectivity index (χ2n) is 5.49. The summed E-state index contributed by atoms with van der Waals surface area (Å²) < 4.78 is 91.3. The van der Waals surface area contributed by atoms with Gasteiger partial charge in [0.25, 0.3) is 5.91 Å². The van der Waals surface area contributed by atoms with Gasteiger partial charge in [-0.2, -0.15) is 26.3 Å². The first-order valence-electron chi connectivity index (χ1n) is 7.18. The van der Waals surface area contributed by atoms with E-state index >= 15 is 0 Å². The first-order valence-corrected chi connectivity index (χ1v) is 7.18. The van der Waals surface area contributed by atoms with Crippen molar-refractivity contribution in [3.63, 3.8) is 0 Å². The molecular weight excluding hydrogens is 383 g/mol. The molecule has 0 aliphatic carbocycles. The maximum atomic E-state index is 13.1. The first-order chi connectivity index (χ1) is 12.4. The van der Waals surface area contributed by atoms with Gasteiger partial charge in [-0.05, 0) is 30.3 Å². The topological polar surface area (TPSA) is 46.4 Å². The number of halogens is 7. The summed E-state index contributed by atoms with van der Waals surface area (Å²) in [5.41, 5.74) is -3.98. The highest BCUT2D eigenvalue weighted by Crippen LogP contribution is 2.37. The van der Waals surface area contributed by atoms with E-state index in [0.29, 0.717) is 12.1 Å². The number of nitrogens with zero attached hydrogens (tertiary/aromatic N) is 2. The third kappa shape index (κ3) is 4.01. The van der Waals surface area contributed by atoms with Gasteiger partial charge < -0.3 is 9.72 Å². The second kappa shape index (κ2) is 6.25. The van der Waals surface area contributed by atoms with Crippen LogP contribution in [0.4, 0.5) is 36.4 Å². The van der Waals surface area contributed by atoms with Crippen molar-refractivity contribution in [1.29, 1.82) is 0 Å². The summed E-state index contributed by atoms with van der Waals surface area (Å²) in [6, 6.07) is 3.03. The molecule has 0 fully saturated rings. The van der Waals surface area contributed by atoms with E-state index in [0.717, 1.165) is 22.9 Å². The SMILES string of the molecule is O=C(Nc1cc(C(F)(F)F)cc(C(F)(F)F)c1)c1cn2cc(F)ccc2n1. The van der Waals surface area contributed by atoms with Gasteiger partial charge in [0.2, 0.25) is 0 Å². The molecule has 0 bridgehead atoms. The summed E-state index contributed by atoms with van der Waals surface area (Å²) >= 11 is 0. The number of imidazole rings is 1. The molecule has 1 amide bonds. The predicted octanol–water partition coefficient (Wildman–Crippen LogP) is 4.76. The summed E-state index contributed by atoms with van der Waals surface area (Å²) in [4.78, 5) is 16.0. The lowest BCUT2D eigenvalue weighted by Crippen LogP contribution is -2.16. The van der Waals surface area contributed by atoms with Gasteiger partial charge in [-0.15, -0.1) is 0 Å². The smallest absolute Gasteiger partial charge is 0.321 e. The van der Waals surface area contributed by atoms with Crippen LogP contribution in [-0.4, -0.2) is 15.3 Å². The number of carbonyl (C=O) groups is 1. The van der Waals surface area contributed by atoms with Crippen LogP contribution >= 0.6 is 0 Å². The lowest BCUT2D eigenvalue weighted by Gasteiger charge is -2.14. The first kappa shape index (κ1) is 18.7. The van der Waals surface area contributed by atoms with Crippen LogP contribution in [-0.2, 0) is 12.4 Å². The molecule has 0 spiro atoms. The molecule has 0 atom stereocenters. The number of anilines is 1. The lowest BCUT2D eigenvalue weighted by atomic mass is 10.1. The Labute approximate surface area is 146 Å². The normalized spacial score (nSPS) is 12.4. The standard InChI is InChI=1S/C16H8F7N3O/c17-10-1-2-13-25-12(7-26(13)6-10)14(27)24-11-4-8(15(18,19)20)3-9(5-11)16(21,22)23/h1-7H,(H,24,27). The van der Waals surface area contributed by atoms with E-state index in [4.69, 9.17) is 0 Å². The van der Waals surface area contributed by atoms with Gasteiger partial charge >= 0.3 is 12.4 Å². The number of carbonyl (C=O) groups excluding carboxylic acids is 1. The number of pyridine rings is 1. The van der Waals surface area contributed by atoms with Gasteiger partial charge in [0.15, 0.2) is 0 Å². The third-order valence-electron chi connectivity index (χ3n) is 3.49. The number of nitrogens with one attached hydrogen (secondary N) is 1. The van der Waals surface area contributed by atoms with E-state index in [2.05, 4.69) is 4.98 Å². The molecule has 0 unspecified atom stereocenters. The van der Waals surface area contributed by atoms with E-state index in [1.54, 1.807) is 0 Å². The Kier molecular flexibility index (Phi) is 4.32. The minimum Gasteiger partial charge on any atom is -0.321 e. The molecule has 0 radical (unpaired) electrons. The highest BCUT2D eigenvalue weighted by molar-refractivity contribution is 6.03. The highest BCUT2D eigenvalue weighted by Gasteiger charge is 2.37. The van der Waals surface area contributed by atoms with Gasteiger partial charge in [0.05, 0.1) is 11.1 Å².